The van der Waals surface area contributed by atoms with Crippen molar-refractivity contribution in [2.75, 3.05) is 6.54 Å². The number of carbonyl (C=O) groups excluding carboxylic acids is 1. The van der Waals surface area contributed by atoms with Gasteiger partial charge in [0, 0.05) is 17.8 Å². The summed E-state index contributed by atoms with van der Waals surface area (Å²) < 4.78 is 0. The Bertz CT molecular complexity index is 683. The van der Waals surface area contributed by atoms with E-state index in [9.17, 15) is 9.59 Å². The van der Waals surface area contributed by atoms with Gasteiger partial charge in [0.1, 0.15) is 5.02 Å². The number of halogens is 2. The van der Waals surface area contributed by atoms with Crippen molar-refractivity contribution in [2.45, 2.75) is 6.42 Å². The summed E-state index contributed by atoms with van der Waals surface area (Å²) in [4.78, 5) is 25.3. The average Bonchev–Trinajstić information content (AvgIpc) is 2.42. The minimum Gasteiger partial charge on any atom is -0.352 e. The Hall–Kier alpha value is -1.78. The van der Waals surface area contributed by atoms with Crippen molar-refractivity contribution in [3.05, 3.63) is 68.1 Å². The molecule has 0 aliphatic carbocycles. The third-order valence-corrected chi connectivity index (χ3v) is 3.22. The molecule has 2 aromatic rings. The van der Waals surface area contributed by atoms with Crippen LogP contribution in [0.3, 0.4) is 0 Å². The Balaban J connectivity index is 1.92. The highest BCUT2D eigenvalue weighted by Gasteiger charge is 2.07. The molecule has 1 aromatic carbocycles. The molecule has 0 bridgehead atoms. The van der Waals surface area contributed by atoms with Gasteiger partial charge in [0.2, 0.25) is 0 Å². The standard InChI is InChI=1S/C14H12Cl2N2O2/c15-11-3-1-2-9(6-11)4-5-17-13(19)10-7-12(16)14(20)18-8-10/h1-3,6-8H,4-5H2,(H,17,19)(H,18,20). The highest BCUT2D eigenvalue weighted by molar-refractivity contribution is 6.31. The van der Waals surface area contributed by atoms with Gasteiger partial charge in [-0.3, -0.25) is 9.59 Å². The summed E-state index contributed by atoms with van der Waals surface area (Å²) in [6, 6.07) is 8.79. The summed E-state index contributed by atoms with van der Waals surface area (Å²) in [6.45, 7) is 0.468. The number of hydrogen-bond acceptors (Lipinski definition) is 2. The number of H-pyrrole nitrogens is 1. The van der Waals surface area contributed by atoms with Crippen molar-refractivity contribution in [1.82, 2.24) is 10.3 Å². The van der Waals surface area contributed by atoms with Crippen molar-refractivity contribution >= 4 is 29.1 Å². The quantitative estimate of drug-likeness (QED) is 0.912. The van der Waals surface area contributed by atoms with Crippen molar-refractivity contribution in [3.63, 3.8) is 0 Å². The lowest BCUT2D eigenvalue weighted by Gasteiger charge is -2.06. The number of aromatic nitrogens is 1. The largest absolute Gasteiger partial charge is 0.352 e. The zero-order chi connectivity index (χ0) is 14.5. The number of nitrogens with one attached hydrogen (secondary N) is 2. The number of benzene rings is 1. The van der Waals surface area contributed by atoms with Crippen LogP contribution in [0.5, 0.6) is 0 Å². The van der Waals surface area contributed by atoms with Crippen LogP contribution in [-0.4, -0.2) is 17.4 Å². The van der Waals surface area contributed by atoms with Crippen LogP contribution in [0.15, 0.2) is 41.3 Å². The zero-order valence-corrected chi connectivity index (χ0v) is 12.0. The molecule has 4 nitrogen and oxygen atoms in total. The Kier molecular flexibility index (Phi) is 4.82. The molecule has 1 aromatic heterocycles. The summed E-state index contributed by atoms with van der Waals surface area (Å²) in [5.74, 6) is -0.287. The van der Waals surface area contributed by atoms with E-state index in [0.29, 0.717) is 23.6 Å². The van der Waals surface area contributed by atoms with E-state index in [0.717, 1.165) is 5.56 Å². The van der Waals surface area contributed by atoms with Crippen LogP contribution in [0.1, 0.15) is 15.9 Å². The highest BCUT2D eigenvalue weighted by atomic mass is 35.5. The highest BCUT2D eigenvalue weighted by Crippen LogP contribution is 2.10. The van der Waals surface area contributed by atoms with E-state index in [1.807, 2.05) is 18.2 Å². The molecule has 104 valence electrons. The van der Waals surface area contributed by atoms with E-state index >= 15 is 0 Å². The summed E-state index contributed by atoms with van der Waals surface area (Å²) in [6.07, 6.45) is 2.01. The first-order valence-corrected chi connectivity index (χ1v) is 6.73. The van der Waals surface area contributed by atoms with Gasteiger partial charge in [-0.15, -0.1) is 0 Å². The lowest BCUT2D eigenvalue weighted by molar-refractivity contribution is 0.0954. The van der Waals surface area contributed by atoms with Gasteiger partial charge >= 0.3 is 0 Å². The third-order valence-electron chi connectivity index (χ3n) is 2.71. The average molecular weight is 311 g/mol. The van der Waals surface area contributed by atoms with Crippen LogP contribution in [-0.2, 0) is 6.42 Å². The van der Waals surface area contributed by atoms with Crippen molar-refractivity contribution in [3.8, 4) is 0 Å². The van der Waals surface area contributed by atoms with Crippen LogP contribution in [0.2, 0.25) is 10.0 Å². The predicted molar refractivity (Wildman–Crippen MR) is 79.6 cm³/mol. The first-order chi connectivity index (χ1) is 9.56. The molecule has 1 amide bonds. The van der Waals surface area contributed by atoms with E-state index in [-0.39, 0.29) is 10.9 Å². The Morgan fingerprint density at radius 3 is 2.75 bits per heavy atom. The molecule has 0 radical (unpaired) electrons. The maximum Gasteiger partial charge on any atom is 0.266 e. The van der Waals surface area contributed by atoms with Crippen LogP contribution < -0.4 is 10.9 Å². The van der Waals surface area contributed by atoms with Gasteiger partial charge in [-0.05, 0) is 30.2 Å². The van der Waals surface area contributed by atoms with Crippen LogP contribution in [0.25, 0.3) is 0 Å². The first kappa shape index (κ1) is 14.6. The fourth-order valence-electron chi connectivity index (χ4n) is 1.70. The summed E-state index contributed by atoms with van der Waals surface area (Å²) in [5.41, 5.74) is 0.945. The normalized spacial score (nSPS) is 10.3. The fraction of sp³-hybridized carbons (Fsp3) is 0.143. The van der Waals surface area contributed by atoms with Gasteiger partial charge in [-0.25, -0.2) is 0 Å². The molecule has 20 heavy (non-hydrogen) atoms. The van der Waals surface area contributed by atoms with Gasteiger partial charge in [0.05, 0.1) is 5.56 Å². The second-order valence-corrected chi connectivity index (χ2v) is 5.04. The molecule has 2 N–H and O–H groups in total. The van der Waals surface area contributed by atoms with Gasteiger partial charge in [0.15, 0.2) is 0 Å². The number of carbonyl (C=O) groups is 1. The Labute approximate surface area is 125 Å². The lowest BCUT2D eigenvalue weighted by Crippen LogP contribution is -2.26. The second kappa shape index (κ2) is 6.59. The van der Waals surface area contributed by atoms with Gasteiger partial charge in [-0.2, -0.15) is 0 Å². The molecule has 0 saturated heterocycles. The minimum atomic E-state index is -0.415. The molecule has 0 atom stereocenters. The molecule has 2 rings (SSSR count). The van der Waals surface area contributed by atoms with Crippen molar-refractivity contribution < 1.29 is 4.79 Å². The smallest absolute Gasteiger partial charge is 0.266 e. The van der Waals surface area contributed by atoms with Crippen LogP contribution >= 0.6 is 23.2 Å². The van der Waals surface area contributed by atoms with E-state index < -0.39 is 5.56 Å². The Morgan fingerprint density at radius 1 is 1.25 bits per heavy atom. The molecule has 6 heteroatoms. The molecule has 0 aliphatic rings. The molecule has 0 saturated carbocycles. The van der Waals surface area contributed by atoms with E-state index in [2.05, 4.69) is 10.3 Å². The topological polar surface area (TPSA) is 62.0 Å². The summed E-state index contributed by atoms with van der Waals surface area (Å²) in [7, 11) is 0. The van der Waals surface area contributed by atoms with Crippen molar-refractivity contribution in [1.29, 1.82) is 0 Å². The van der Waals surface area contributed by atoms with Crippen LogP contribution in [0, 0.1) is 0 Å². The monoisotopic (exact) mass is 310 g/mol. The summed E-state index contributed by atoms with van der Waals surface area (Å²) >= 11 is 11.5. The van der Waals surface area contributed by atoms with Gasteiger partial charge in [-0.1, -0.05) is 35.3 Å². The number of hydrogen-bond donors (Lipinski definition) is 2. The fourth-order valence-corrected chi connectivity index (χ4v) is 2.09. The van der Waals surface area contributed by atoms with Gasteiger partial charge < -0.3 is 10.3 Å². The minimum absolute atomic E-state index is 0.00695. The third kappa shape index (κ3) is 3.85. The number of pyridine rings is 1. The Morgan fingerprint density at radius 2 is 2.05 bits per heavy atom. The van der Waals surface area contributed by atoms with Crippen molar-refractivity contribution in [2.24, 2.45) is 0 Å². The first-order valence-electron chi connectivity index (χ1n) is 5.97. The molecular weight excluding hydrogens is 299 g/mol. The van der Waals surface area contributed by atoms with E-state index in [1.54, 1.807) is 6.07 Å². The maximum atomic E-state index is 11.8. The molecular formula is C14H12Cl2N2O2. The maximum absolute atomic E-state index is 11.8. The van der Waals surface area contributed by atoms with E-state index in [1.165, 1.54) is 12.3 Å². The predicted octanol–water partition coefficient (Wildman–Crippen LogP) is 2.65. The van der Waals surface area contributed by atoms with Crippen LogP contribution in [0.4, 0.5) is 0 Å². The molecule has 0 unspecified atom stereocenters. The molecule has 0 aliphatic heterocycles. The molecule has 0 spiro atoms. The van der Waals surface area contributed by atoms with Gasteiger partial charge in [0.25, 0.3) is 11.5 Å². The second-order valence-electron chi connectivity index (χ2n) is 4.20. The molecule has 1 heterocycles. The zero-order valence-electron chi connectivity index (χ0n) is 10.5. The number of rotatable bonds is 4. The van der Waals surface area contributed by atoms with E-state index in [4.69, 9.17) is 23.2 Å². The summed E-state index contributed by atoms with van der Waals surface area (Å²) in [5, 5.41) is 3.41. The number of amides is 1. The SMILES string of the molecule is O=C(NCCc1cccc(Cl)c1)c1c[nH]c(=O)c(Cl)c1. The molecule has 0 fully saturated rings. The number of aromatic amines is 1. The lowest BCUT2D eigenvalue weighted by atomic mass is 10.1.